The van der Waals surface area contributed by atoms with Gasteiger partial charge < -0.3 is 5.32 Å². The van der Waals surface area contributed by atoms with Crippen molar-refractivity contribution >= 4 is 17.1 Å². The first kappa shape index (κ1) is 23.1. The van der Waals surface area contributed by atoms with Gasteiger partial charge in [-0.15, -0.1) is 0 Å². The second kappa shape index (κ2) is 12.4. The molecule has 0 fully saturated rings. The zero-order chi connectivity index (χ0) is 21.1. The molecule has 0 saturated heterocycles. The molecule has 0 radical (unpaired) electrons. The van der Waals surface area contributed by atoms with Crippen LogP contribution in [0.15, 0.2) is 46.0 Å². The summed E-state index contributed by atoms with van der Waals surface area (Å²) in [6, 6.07) is 6.93. The Balaban J connectivity index is 2.06. The molecular weight excluding hydrogens is 354 g/mol. The first-order valence-electron chi connectivity index (χ1n) is 11.4. The average Bonchev–Trinajstić information content (AvgIpc) is 2.75. The number of hydrogen-bond acceptors (Lipinski definition) is 2. The van der Waals surface area contributed by atoms with E-state index in [4.69, 9.17) is 4.99 Å². The SMILES string of the molecule is CCCCCCCN/C(C)=N/C=C1/C=C(c2cc(CC)cc(CC)c2)C(C)=NC1. The summed E-state index contributed by atoms with van der Waals surface area (Å²) < 4.78 is 0. The first-order valence-corrected chi connectivity index (χ1v) is 11.4. The highest BCUT2D eigenvalue weighted by molar-refractivity contribution is 6.24. The number of rotatable bonds is 10. The zero-order valence-electron chi connectivity index (χ0n) is 19.1. The molecule has 0 saturated carbocycles. The summed E-state index contributed by atoms with van der Waals surface area (Å²) in [5, 5.41) is 3.43. The molecule has 0 atom stereocenters. The minimum atomic E-state index is 0.706. The fourth-order valence-corrected chi connectivity index (χ4v) is 3.55. The van der Waals surface area contributed by atoms with Gasteiger partial charge in [0.05, 0.1) is 12.4 Å². The van der Waals surface area contributed by atoms with Crippen LogP contribution < -0.4 is 5.32 Å². The topological polar surface area (TPSA) is 36.8 Å². The third kappa shape index (κ3) is 7.64. The number of dihydropyridines is 1. The molecule has 3 nitrogen and oxygen atoms in total. The van der Waals surface area contributed by atoms with Crippen LogP contribution in [0.1, 0.15) is 83.4 Å². The quantitative estimate of drug-likeness (QED) is 0.274. The molecule has 1 aromatic carbocycles. The van der Waals surface area contributed by atoms with Crippen LogP contribution in [0.3, 0.4) is 0 Å². The van der Waals surface area contributed by atoms with E-state index in [0.717, 1.165) is 36.5 Å². The van der Waals surface area contributed by atoms with E-state index in [0.29, 0.717) is 6.54 Å². The number of aryl methyl sites for hydroxylation is 2. The minimum Gasteiger partial charge on any atom is -0.374 e. The maximum Gasteiger partial charge on any atom is 0.0983 e. The van der Waals surface area contributed by atoms with Crippen LogP contribution in [0.4, 0.5) is 0 Å². The molecule has 1 heterocycles. The Hall–Kier alpha value is -2.16. The third-order valence-corrected chi connectivity index (χ3v) is 5.48. The number of hydrogen-bond donors (Lipinski definition) is 1. The molecule has 1 N–H and O–H groups in total. The summed E-state index contributed by atoms with van der Waals surface area (Å²) in [6.07, 6.45) is 12.8. The predicted octanol–water partition coefficient (Wildman–Crippen LogP) is 6.53. The lowest BCUT2D eigenvalue weighted by atomic mass is 9.93. The lowest BCUT2D eigenvalue weighted by Gasteiger charge is -2.16. The minimum absolute atomic E-state index is 0.706. The molecule has 2 rings (SSSR count). The van der Waals surface area contributed by atoms with Crippen molar-refractivity contribution in [3.05, 3.63) is 52.7 Å². The third-order valence-electron chi connectivity index (χ3n) is 5.48. The lowest BCUT2D eigenvalue weighted by Crippen LogP contribution is -2.21. The predicted molar refractivity (Wildman–Crippen MR) is 129 cm³/mol. The fourth-order valence-electron chi connectivity index (χ4n) is 3.55. The van der Waals surface area contributed by atoms with Crippen LogP contribution in [-0.2, 0) is 12.8 Å². The summed E-state index contributed by atoms with van der Waals surface area (Å²) in [7, 11) is 0. The number of amidine groups is 1. The second-order valence-corrected chi connectivity index (χ2v) is 7.96. The van der Waals surface area contributed by atoms with Crippen molar-refractivity contribution in [1.82, 2.24) is 5.32 Å². The summed E-state index contributed by atoms with van der Waals surface area (Å²) in [6.45, 7) is 12.6. The fraction of sp³-hybridized carbons (Fsp3) is 0.538. The van der Waals surface area contributed by atoms with Crippen molar-refractivity contribution in [3.8, 4) is 0 Å². The molecule has 158 valence electrons. The average molecular weight is 394 g/mol. The maximum atomic E-state index is 4.75. The van der Waals surface area contributed by atoms with E-state index in [2.05, 4.69) is 62.3 Å². The highest BCUT2D eigenvalue weighted by atomic mass is 15.0. The largest absolute Gasteiger partial charge is 0.374 e. The molecule has 0 amide bonds. The second-order valence-electron chi connectivity index (χ2n) is 7.96. The smallest absolute Gasteiger partial charge is 0.0983 e. The highest BCUT2D eigenvalue weighted by Crippen LogP contribution is 2.25. The number of nitrogens with zero attached hydrogens (tertiary/aromatic N) is 2. The molecule has 0 unspecified atom stereocenters. The molecule has 1 aromatic rings. The van der Waals surface area contributed by atoms with E-state index >= 15 is 0 Å². The van der Waals surface area contributed by atoms with Crippen molar-refractivity contribution in [2.45, 2.75) is 79.6 Å². The molecule has 29 heavy (non-hydrogen) atoms. The maximum absolute atomic E-state index is 4.75. The van der Waals surface area contributed by atoms with Crippen molar-refractivity contribution < 1.29 is 0 Å². The van der Waals surface area contributed by atoms with E-state index in [-0.39, 0.29) is 0 Å². The number of allylic oxidation sites excluding steroid dienone is 1. The number of nitrogens with one attached hydrogen (secondary N) is 1. The Morgan fingerprint density at radius 2 is 1.72 bits per heavy atom. The van der Waals surface area contributed by atoms with Gasteiger partial charge in [0, 0.05) is 24.0 Å². The summed E-state index contributed by atoms with van der Waals surface area (Å²) >= 11 is 0. The molecule has 3 heteroatoms. The van der Waals surface area contributed by atoms with Gasteiger partial charge in [0.2, 0.25) is 0 Å². The first-order chi connectivity index (χ1) is 14.1. The molecule has 0 bridgehead atoms. The van der Waals surface area contributed by atoms with Gasteiger partial charge in [-0.25, -0.2) is 4.99 Å². The van der Waals surface area contributed by atoms with E-state index in [1.807, 2.05) is 13.1 Å². The van der Waals surface area contributed by atoms with Crippen LogP contribution in [0.2, 0.25) is 0 Å². The van der Waals surface area contributed by atoms with Crippen molar-refractivity contribution in [2.75, 3.05) is 13.1 Å². The van der Waals surface area contributed by atoms with Gasteiger partial charge in [-0.3, -0.25) is 4.99 Å². The summed E-state index contributed by atoms with van der Waals surface area (Å²) in [5.74, 6) is 0.982. The molecule has 1 aliphatic rings. The Bertz CT molecular complexity index is 759. The van der Waals surface area contributed by atoms with E-state index in [1.54, 1.807) is 0 Å². The van der Waals surface area contributed by atoms with Gasteiger partial charge in [0.1, 0.15) is 0 Å². The van der Waals surface area contributed by atoms with Gasteiger partial charge in [-0.1, -0.05) is 64.7 Å². The van der Waals surface area contributed by atoms with Crippen LogP contribution >= 0.6 is 0 Å². The van der Waals surface area contributed by atoms with E-state index in [9.17, 15) is 0 Å². The molecule has 0 spiro atoms. The normalized spacial score (nSPS) is 16.0. The van der Waals surface area contributed by atoms with Crippen LogP contribution in [0.5, 0.6) is 0 Å². The number of benzene rings is 1. The molecular formula is C26H39N3. The van der Waals surface area contributed by atoms with Crippen LogP contribution in [-0.4, -0.2) is 24.6 Å². The molecule has 0 aromatic heterocycles. The van der Waals surface area contributed by atoms with Gasteiger partial charge in [-0.2, -0.15) is 0 Å². The van der Waals surface area contributed by atoms with Gasteiger partial charge in [0.25, 0.3) is 0 Å². The lowest BCUT2D eigenvalue weighted by molar-refractivity contribution is 0.624. The number of aliphatic imine (C=N–C) groups is 2. The molecule has 0 aliphatic carbocycles. The Labute approximate surface area is 178 Å². The van der Waals surface area contributed by atoms with Crippen molar-refractivity contribution in [2.24, 2.45) is 9.98 Å². The number of unbranched alkanes of at least 4 members (excludes halogenated alkanes) is 4. The Kier molecular flexibility index (Phi) is 9.90. The van der Waals surface area contributed by atoms with Gasteiger partial charge in [0.15, 0.2) is 0 Å². The van der Waals surface area contributed by atoms with Crippen LogP contribution in [0.25, 0.3) is 5.57 Å². The summed E-state index contributed by atoms with van der Waals surface area (Å²) in [5.41, 5.74) is 7.56. The molecule has 1 aliphatic heterocycles. The van der Waals surface area contributed by atoms with E-state index < -0.39 is 0 Å². The van der Waals surface area contributed by atoms with Crippen molar-refractivity contribution in [1.29, 1.82) is 0 Å². The van der Waals surface area contributed by atoms with Crippen molar-refractivity contribution in [3.63, 3.8) is 0 Å². The Morgan fingerprint density at radius 3 is 2.38 bits per heavy atom. The van der Waals surface area contributed by atoms with Gasteiger partial charge in [-0.05, 0) is 61.4 Å². The standard InChI is InChI=1S/C26H39N3/c1-6-9-10-11-12-13-27-21(5)29-19-24-17-26(20(4)28-18-24)25-15-22(7-2)14-23(8-3)16-25/h14-17,19H,6-13,18H2,1-5H3,(H,27,29)/b24-19-. The van der Waals surface area contributed by atoms with Crippen LogP contribution in [0, 0.1) is 0 Å². The van der Waals surface area contributed by atoms with E-state index in [1.165, 1.54) is 54.4 Å². The monoisotopic (exact) mass is 393 g/mol. The Morgan fingerprint density at radius 1 is 1.03 bits per heavy atom. The zero-order valence-corrected chi connectivity index (χ0v) is 19.1. The highest BCUT2D eigenvalue weighted by Gasteiger charge is 2.13. The summed E-state index contributed by atoms with van der Waals surface area (Å²) in [4.78, 5) is 9.38. The van der Waals surface area contributed by atoms with Gasteiger partial charge >= 0.3 is 0 Å².